The lowest BCUT2D eigenvalue weighted by atomic mass is 9.87. The van der Waals surface area contributed by atoms with Crippen molar-refractivity contribution in [3.63, 3.8) is 0 Å². The SMILES string of the molecule is CC/C=C\C1=CN(/C=C/CC)C2CCC=CC12. The first-order valence-corrected chi connectivity index (χ1v) is 6.85. The Labute approximate surface area is 105 Å². The highest BCUT2D eigenvalue weighted by Crippen LogP contribution is 2.36. The Hall–Kier alpha value is -1.24. The van der Waals surface area contributed by atoms with Crippen LogP contribution >= 0.6 is 0 Å². The van der Waals surface area contributed by atoms with E-state index in [1.165, 1.54) is 18.4 Å². The average Bonchev–Trinajstić information content (AvgIpc) is 2.72. The van der Waals surface area contributed by atoms with Gasteiger partial charge in [0.05, 0.1) is 0 Å². The van der Waals surface area contributed by atoms with Gasteiger partial charge in [0, 0.05) is 18.2 Å². The molecule has 2 rings (SSSR count). The van der Waals surface area contributed by atoms with Crippen LogP contribution in [-0.4, -0.2) is 10.9 Å². The van der Waals surface area contributed by atoms with Crippen molar-refractivity contribution in [2.24, 2.45) is 5.92 Å². The molecule has 0 amide bonds. The first-order chi connectivity index (χ1) is 8.36. The van der Waals surface area contributed by atoms with E-state index >= 15 is 0 Å². The summed E-state index contributed by atoms with van der Waals surface area (Å²) in [5, 5.41) is 0. The molecule has 0 radical (unpaired) electrons. The van der Waals surface area contributed by atoms with Crippen LogP contribution < -0.4 is 0 Å². The molecule has 0 spiro atoms. The number of hydrogen-bond donors (Lipinski definition) is 0. The predicted molar refractivity (Wildman–Crippen MR) is 74.4 cm³/mol. The molecule has 0 saturated heterocycles. The van der Waals surface area contributed by atoms with Gasteiger partial charge in [0.15, 0.2) is 0 Å². The molecule has 1 heterocycles. The van der Waals surface area contributed by atoms with E-state index in [-0.39, 0.29) is 0 Å². The maximum atomic E-state index is 2.41. The fourth-order valence-electron chi connectivity index (χ4n) is 2.63. The fraction of sp³-hybridized carbons (Fsp3) is 0.500. The van der Waals surface area contributed by atoms with Gasteiger partial charge in [0.25, 0.3) is 0 Å². The molecule has 1 nitrogen and oxygen atoms in total. The van der Waals surface area contributed by atoms with Gasteiger partial charge in [-0.05, 0) is 37.5 Å². The molecule has 0 bridgehead atoms. The first-order valence-electron chi connectivity index (χ1n) is 6.85. The number of rotatable bonds is 4. The van der Waals surface area contributed by atoms with Crippen LogP contribution in [0, 0.1) is 5.92 Å². The highest BCUT2D eigenvalue weighted by Gasteiger charge is 2.32. The van der Waals surface area contributed by atoms with Crippen molar-refractivity contribution >= 4 is 0 Å². The minimum Gasteiger partial charge on any atom is -0.350 e. The third kappa shape index (κ3) is 2.71. The quantitative estimate of drug-likeness (QED) is 0.645. The largest absolute Gasteiger partial charge is 0.350 e. The van der Waals surface area contributed by atoms with Crippen LogP contribution in [0.4, 0.5) is 0 Å². The number of nitrogens with zero attached hydrogens (tertiary/aromatic N) is 1. The van der Waals surface area contributed by atoms with E-state index in [1.54, 1.807) is 0 Å². The topological polar surface area (TPSA) is 3.24 Å². The zero-order chi connectivity index (χ0) is 12.1. The second kappa shape index (κ2) is 5.90. The van der Waals surface area contributed by atoms with Gasteiger partial charge in [0.1, 0.15) is 0 Å². The van der Waals surface area contributed by atoms with Gasteiger partial charge in [-0.15, -0.1) is 0 Å². The second-order valence-electron chi connectivity index (χ2n) is 4.78. The highest BCUT2D eigenvalue weighted by atomic mass is 15.1. The minimum atomic E-state index is 0.605. The highest BCUT2D eigenvalue weighted by molar-refractivity contribution is 5.34. The average molecular weight is 229 g/mol. The summed E-state index contributed by atoms with van der Waals surface area (Å²) in [6, 6.07) is 0.652. The van der Waals surface area contributed by atoms with Gasteiger partial charge in [0.2, 0.25) is 0 Å². The molecule has 0 saturated carbocycles. The third-order valence-corrected chi connectivity index (χ3v) is 3.51. The summed E-state index contributed by atoms with van der Waals surface area (Å²) in [6.07, 6.45) is 20.8. The van der Waals surface area contributed by atoms with Crippen LogP contribution in [-0.2, 0) is 0 Å². The van der Waals surface area contributed by atoms with E-state index in [2.05, 4.69) is 61.5 Å². The van der Waals surface area contributed by atoms with Gasteiger partial charge < -0.3 is 4.90 Å². The van der Waals surface area contributed by atoms with Crippen molar-refractivity contribution in [3.05, 3.63) is 48.4 Å². The fourth-order valence-corrected chi connectivity index (χ4v) is 2.63. The molecule has 1 aliphatic heterocycles. The zero-order valence-corrected chi connectivity index (χ0v) is 11.0. The Morgan fingerprint density at radius 3 is 2.88 bits per heavy atom. The van der Waals surface area contributed by atoms with E-state index in [4.69, 9.17) is 0 Å². The Morgan fingerprint density at radius 2 is 2.12 bits per heavy atom. The molecule has 2 aliphatic rings. The summed E-state index contributed by atoms with van der Waals surface area (Å²) in [5.74, 6) is 0.605. The number of allylic oxidation sites excluding steroid dienone is 4. The molecule has 17 heavy (non-hydrogen) atoms. The van der Waals surface area contributed by atoms with E-state index in [0.717, 1.165) is 12.8 Å². The molecule has 0 fully saturated rings. The summed E-state index contributed by atoms with van der Waals surface area (Å²) in [6.45, 7) is 4.38. The summed E-state index contributed by atoms with van der Waals surface area (Å²) in [5.41, 5.74) is 1.47. The van der Waals surface area contributed by atoms with Crippen LogP contribution in [0.1, 0.15) is 39.5 Å². The maximum Gasteiger partial charge on any atom is 0.0437 e. The van der Waals surface area contributed by atoms with Crippen molar-refractivity contribution in [1.82, 2.24) is 4.90 Å². The second-order valence-corrected chi connectivity index (χ2v) is 4.78. The van der Waals surface area contributed by atoms with Crippen molar-refractivity contribution in [3.8, 4) is 0 Å². The lowest BCUT2D eigenvalue weighted by molar-refractivity contribution is 0.326. The van der Waals surface area contributed by atoms with Crippen LogP contribution in [0.3, 0.4) is 0 Å². The summed E-state index contributed by atoms with van der Waals surface area (Å²) in [7, 11) is 0. The van der Waals surface area contributed by atoms with Crippen LogP contribution in [0.15, 0.2) is 48.4 Å². The van der Waals surface area contributed by atoms with Gasteiger partial charge in [-0.1, -0.05) is 44.2 Å². The smallest absolute Gasteiger partial charge is 0.0437 e. The normalized spacial score (nSPS) is 28.1. The molecule has 1 aliphatic carbocycles. The van der Waals surface area contributed by atoms with Gasteiger partial charge in [-0.2, -0.15) is 0 Å². The molecule has 2 atom stereocenters. The standard InChI is InChI=1S/C16H23N/c1-3-5-9-14-13-17(12-6-4-2)16-11-8-7-10-15(14)16/h5-7,9-10,12-13,15-16H,3-4,8,11H2,1-2H3/b9-5-,12-6+. The lowest BCUT2D eigenvalue weighted by Crippen LogP contribution is -2.29. The molecule has 92 valence electrons. The van der Waals surface area contributed by atoms with E-state index < -0.39 is 0 Å². The number of hydrogen-bond acceptors (Lipinski definition) is 1. The molecular formula is C16H23N. The van der Waals surface area contributed by atoms with Crippen molar-refractivity contribution in [1.29, 1.82) is 0 Å². The van der Waals surface area contributed by atoms with E-state index in [1.807, 2.05) is 0 Å². The Morgan fingerprint density at radius 1 is 1.29 bits per heavy atom. The summed E-state index contributed by atoms with van der Waals surface area (Å²) in [4.78, 5) is 2.41. The van der Waals surface area contributed by atoms with Crippen molar-refractivity contribution < 1.29 is 0 Å². The van der Waals surface area contributed by atoms with Crippen molar-refractivity contribution in [2.75, 3.05) is 0 Å². The Bertz CT molecular complexity index is 360. The van der Waals surface area contributed by atoms with Crippen LogP contribution in [0.5, 0.6) is 0 Å². The third-order valence-electron chi connectivity index (χ3n) is 3.51. The van der Waals surface area contributed by atoms with Gasteiger partial charge in [-0.25, -0.2) is 0 Å². The van der Waals surface area contributed by atoms with E-state index in [9.17, 15) is 0 Å². The van der Waals surface area contributed by atoms with Crippen LogP contribution in [0.2, 0.25) is 0 Å². The van der Waals surface area contributed by atoms with Crippen LogP contribution in [0.25, 0.3) is 0 Å². The van der Waals surface area contributed by atoms with Crippen molar-refractivity contribution in [2.45, 2.75) is 45.6 Å². The molecule has 0 N–H and O–H groups in total. The molecule has 0 aromatic heterocycles. The Balaban J connectivity index is 2.18. The summed E-state index contributed by atoms with van der Waals surface area (Å²) < 4.78 is 0. The first kappa shape index (κ1) is 12.2. The predicted octanol–water partition coefficient (Wildman–Crippen LogP) is 4.41. The zero-order valence-electron chi connectivity index (χ0n) is 11.0. The van der Waals surface area contributed by atoms with E-state index in [0.29, 0.717) is 12.0 Å². The van der Waals surface area contributed by atoms with Gasteiger partial charge in [-0.3, -0.25) is 0 Å². The monoisotopic (exact) mass is 229 g/mol. The molecule has 0 aromatic rings. The summed E-state index contributed by atoms with van der Waals surface area (Å²) >= 11 is 0. The minimum absolute atomic E-state index is 0.605. The molecule has 2 unspecified atom stereocenters. The maximum absolute atomic E-state index is 2.41. The lowest BCUT2D eigenvalue weighted by Gasteiger charge is -2.28. The molecule has 0 aromatic carbocycles. The Kier molecular flexibility index (Phi) is 4.24. The number of fused-ring (bicyclic) bond motifs is 1. The van der Waals surface area contributed by atoms with Gasteiger partial charge >= 0.3 is 0 Å². The molecule has 1 heteroatoms. The molecular weight excluding hydrogens is 206 g/mol.